The topological polar surface area (TPSA) is 70.3 Å². The molecule has 0 saturated carbocycles. The Kier molecular flexibility index (Phi) is 4.92. The normalized spacial score (nSPS) is 13.4. The van der Waals surface area contributed by atoms with Gasteiger partial charge in [0.25, 0.3) is 0 Å². The highest BCUT2D eigenvalue weighted by Crippen LogP contribution is 2.39. The summed E-state index contributed by atoms with van der Waals surface area (Å²) in [5.74, 6) is -0.338. The van der Waals surface area contributed by atoms with Crippen LogP contribution in [0.2, 0.25) is 0 Å². The second-order valence-corrected chi connectivity index (χ2v) is 7.60. The summed E-state index contributed by atoms with van der Waals surface area (Å²) in [5.41, 5.74) is 1.10. The van der Waals surface area contributed by atoms with Crippen LogP contribution in [0.4, 0.5) is 0 Å². The van der Waals surface area contributed by atoms with Crippen molar-refractivity contribution >= 4 is 5.97 Å². The number of nitrogens with zero attached hydrogens (tertiary/aromatic N) is 1. The van der Waals surface area contributed by atoms with Gasteiger partial charge in [0.05, 0.1) is 5.56 Å². The summed E-state index contributed by atoms with van der Waals surface area (Å²) < 4.78 is 5.08. The number of nitriles is 1. The van der Waals surface area contributed by atoms with Crippen LogP contribution in [0.25, 0.3) is 0 Å². The van der Waals surface area contributed by atoms with Gasteiger partial charge in [0, 0.05) is 11.1 Å². The van der Waals surface area contributed by atoms with Crippen LogP contribution >= 0.6 is 0 Å². The van der Waals surface area contributed by atoms with E-state index in [0.29, 0.717) is 16.7 Å². The van der Waals surface area contributed by atoms with Crippen molar-refractivity contribution in [2.45, 2.75) is 65.4 Å². The number of ether oxygens (including phenoxy) is 1. The monoisotopic (exact) mass is 303 g/mol. The van der Waals surface area contributed by atoms with Gasteiger partial charge in [-0.15, -0.1) is 0 Å². The first-order valence-corrected chi connectivity index (χ1v) is 7.36. The van der Waals surface area contributed by atoms with Crippen LogP contribution in [-0.4, -0.2) is 17.2 Å². The van der Waals surface area contributed by atoms with Gasteiger partial charge >= 0.3 is 5.97 Å². The van der Waals surface area contributed by atoms with E-state index in [1.165, 1.54) is 6.92 Å². The number of rotatable bonds is 2. The summed E-state index contributed by atoms with van der Waals surface area (Å²) in [5, 5.41) is 19.4. The van der Waals surface area contributed by atoms with Crippen LogP contribution in [0.5, 0.6) is 5.75 Å². The Balaban J connectivity index is 3.49. The fourth-order valence-corrected chi connectivity index (χ4v) is 2.15. The number of phenolic OH excluding ortho intramolecular Hbond substituents is 1. The molecule has 0 aliphatic rings. The summed E-state index contributed by atoms with van der Waals surface area (Å²) in [7, 11) is 0. The van der Waals surface area contributed by atoms with Gasteiger partial charge in [-0.05, 0) is 29.9 Å². The molecule has 1 N–H and O–H groups in total. The minimum absolute atomic E-state index is 0.213. The SMILES string of the molecule is C[C@@H](C#N)OC(=O)c1cc(C(C)(C)C)c(O)c(C(C)(C)C)c1. The molecule has 0 aliphatic carbocycles. The highest BCUT2D eigenvalue weighted by molar-refractivity contribution is 5.90. The van der Waals surface area contributed by atoms with Gasteiger partial charge in [-0.3, -0.25) is 0 Å². The summed E-state index contributed by atoms with van der Waals surface area (Å²) in [6.45, 7) is 13.4. The number of carbonyl (C=O) groups is 1. The maximum atomic E-state index is 12.2. The van der Waals surface area contributed by atoms with Crippen LogP contribution in [0.3, 0.4) is 0 Å². The summed E-state index contributed by atoms with van der Waals surface area (Å²) in [6.07, 6.45) is -0.808. The van der Waals surface area contributed by atoms with E-state index in [2.05, 4.69) is 0 Å². The predicted molar refractivity (Wildman–Crippen MR) is 86.0 cm³/mol. The first kappa shape index (κ1) is 18.0. The smallest absolute Gasteiger partial charge is 0.339 e. The maximum Gasteiger partial charge on any atom is 0.339 e. The number of aromatic hydroxyl groups is 1. The van der Waals surface area contributed by atoms with Crippen molar-refractivity contribution in [2.75, 3.05) is 0 Å². The Morgan fingerprint density at radius 1 is 1.14 bits per heavy atom. The average molecular weight is 303 g/mol. The Hall–Kier alpha value is -2.02. The molecule has 0 radical (unpaired) electrons. The largest absolute Gasteiger partial charge is 0.507 e. The maximum absolute atomic E-state index is 12.2. The third-order valence-electron chi connectivity index (χ3n) is 3.43. The quantitative estimate of drug-likeness (QED) is 0.836. The first-order chi connectivity index (χ1) is 9.87. The van der Waals surface area contributed by atoms with Crippen molar-refractivity contribution in [3.8, 4) is 11.8 Å². The molecule has 4 heteroatoms. The second kappa shape index (κ2) is 6.00. The molecule has 1 atom stereocenters. The van der Waals surface area contributed by atoms with Gasteiger partial charge in [-0.25, -0.2) is 4.79 Å². The van der Waals surface area contributed by atoms with E-state index in [-0.39, 0.29) is 16.6 Å². The molecule has 120 valence electrons. The summed E-state index contributed by atoms with van der Waals surface area (Å²) >= 11 is 0. The van der Waals surface area contributed by atoms with Crippen molar-refractivity contribution < 1.29 is 14.6 Å². The Labute approximate surface area is 132 Å². The lowest BCUT2D eigenvalue weighted by Crippen LogP contribution is -2.20. The molecule has 0 heterocycles. The van der Waals surface area contributed by atoms with E-state index in [1.807, 2.05) is 47.6 Å². The number of benzene rings is 1. The number of esters is 1. The van der Waals surface area contributed by atoms with Gasteiger partial charge < -0.3 is 9.84 Å². The van der Waals surface area contributed by atoms with Gasteiger partial charge in [-0.1, -0.05) is 41.5 Å². The van der Waals surface area contributed by atoms with E-state index in [1.54, 1.807) is 12.1 Å². The summed E-state index contributed by atoms with van der Waals surface area (Å²) in [4.78, 5) is 12.2. The molecule has 1 aromatic carbocycles. The Morgan fingerprint density at radius 3 is 1.86 bits per heavy atom. The third kappa shape index (κ3) is 4.00. The number of phenols is 1. The third-order valence-corrected chi connectivity index (χ3v) is 3.43. The second-order valence-electron chi connectivity index (χ2n) is 7.60. The lowest BCUT2D eigenvalue weighted by molar-refractivity contribution is 0.0435. The molecule has 0 spiro atoms. The number of hydrogen-bond donors (Lipinski definition) is 1. The molecule has 1 aromatic rings. The zero-order chi connectivity index (χ0) is 17.3. The average Bonchev–Trinajstić information content (AvgIpc) is 2.35. The zero-order valence-electron chi connectivity index (χ0n) is 14.4. The molecule has 0 saturated heterocycles. The van der Waals surface area contributed by atoms with Gasteiger partial charge in [0.2, 0.25) is 0 Å². The molecule has 0 amide bonds. The molecule has 22 heavy (non-hydrogen) atoms. The van der Waals surface area contributed by atoms with Gasteiger partial charge in [-0.2, -0.15) is 5.26 Å². The van der Waals surface area contributed by atoms with Crippen molar-refractivity contribution in [3.05, 3.63) is 28.8 Å². The molecule has 0 aromatic heterocycles. The fourth-order valence-electron chi connectivity index (χ4n) is 2.15. The van der Waals surface area contributed by atoms with E-state index >= 15 is 0 Å². The molecule has 0 aliphatic heterocycles. The minimum atomic E-state index is -0.808. The van der Waals surface area contributed by atoms with Crippen molar-refractivity contribution in [3.63, 3.8) is 0 Å². The lowest BCUT2D eigenvalue weighted by atomic mass is 9.78. The van der Waals surface area contributed by atoms with E-state index in [4.69, 9.17) is 10.00 Å². The number of carbonyl (C=O) groups excluding carboxylic acids is 1. The van der Waals surface area contributed by atoms with Gasteiger partial charge in [0.15, 0.2) is 6.10 Å². The van der Waals surface area contributed by atoms with Crippen molar-refractivity contribution in [1.29, 1.82) is 5.26 Å². The van der Waals surface area contributed by atoms with Crippen LogP contribution in [0.15, 0.2) is 12.1 Å². The van der Waals surface area contributed by atoms with E-state index in [0.717, 1.165) is 0 Å². The molecular weight excluding hydrogens is 278 g/mol. The van der Waals surface area contributed by atoms with Crippen LogP contribution < -0.4 is 0 Å². The standard InChI is InChI=1S/C18H25NO3/c1-11(10-19)22-16(21)12-8-13(17(2,3)4)15(20)14(9-12)18(5,6)7/h8-9,11,20H,1-7H3/t11-/m0/s1. The van der Waals surface area contributed by atoms with Crippen LogP contribution in [-0.2, 0) is 15.6 Å². The summed E-state index contributed by atoms with van der Waals surface area (Å²) in [6, 6.07) is 5.17. The molecule has 1 rings (SSSR count). The molecule has 4 nitrogen and oxygen atoms in total. The zero-order valence-corrected chi connectivity index (χ0v) is 14.4. The number of hydrogen-bond acceptors (Lipinski definition) is 4. The molecule has 0 fully saturated rings. The van der Waals surface area contributed by atoms with Crippen LogP contribution in [0, 0.1) is 11.3 Å². The van der Waals surface area contributed by atoms with E-state index in [9.17, 15) is 9.90 Å². The van der Waals surface area contributed by atoms with Crippen molar-refractivity contribution in [1.82, 2.24) is 0 Å². The molecule has 0 unspecified atom stereocenters. The highest BCUT2D eigenvalue weighted by Gasteiger charge is 2.28. The Morgan fingerprint density at radius 2 is 1.55 bits per heavy atom. The lowest BCUT2D eigenvalue weighted by Gasteiger charge is -2.28. The fraction of sp³-hybridized carbons (Fsp3) is 0.556. The van der Waals surface area contributed by atoms with E-state index < -0.39 is 12.1 Å². The van der Waals surface area contributed by atoms with Crippen molar-refractivity contribution in [2.24, 2.45) is 0 Å². The van der Waals surface area contributed by atoms with Crippen LogP contribution in [0.1, 0.15) is 70.0 Å². The first-order valence-electron chi connectivity index (χ1n) is 7.36. The Bertz CT molecular complexity index is 578. The molecule has 0 bridgehead atoms. The molecular formula is C18H25NO3. The van der Waals surface area contributed by atoms with Gasteiger partial charge in [0.1, 0.15) is 11.8 Å². The highest BCUT2D eigenvalue weighted by atomic mass is 16.5. The minimum Gasteiger partial charge on any atom is -0.507 e. The predicted octanol–water partition coefficient (Wildman–Crippen LogP) is 4.06.